The molecule has 1 aromatic heterocycles. The fourth-order valence-corrected chi connectivity index (χ4v) is 4.37. The molecule has 0 bridgehead atoms. The summed E-state index contributed by atoms with van der Waals surface area (Å²) in [6.45, 7) is 5.65. The lowest BCUT2D eigenvalue weighted by atomic mass is 9.93. The van der Waals surface area contributed by atoms with Crippen molar-refractivity contribution in [2.45, 2.75) is 26.8 Å². The van der Waals surface area contributed by atoms with Gasteiger partial charge in [0.1, 0.15) is 17.3 Å². The minimum Gasteiger partial charge on any atom is -0.497 e. The fourth-order valence-electron chi connectivity index (χ4n) is 4.01. The van der Waals surface area contributed by atoms with Crippen molar-refractivity contribution in [1.29, 1.82) is 0 Å². The molecule has 0 saturated heterocycles. The molecular formula is C25H26N4O4S. The molecule has 1 unspecified atom stereocenters. The number of aromatic nitrogens is 1. The summed E-state index contributed by atoms with van der Waals surface area (Å²) in [5.41, 5.74) is 3.85. The van der Waals surface area contributed by atoms with Crippen LogP contribution < -0.4 is 25.0 Å². The number of thiocarbonyl (C=S) groups is 1. The third-order valence-electron chi connectivity index (χ3n) is 5.61. The monoisotopic (exact) mass is 478 g/mol. The number of amides is 1. The normalized spacial score (nSPS) is 15.7. The molecule has 34 heavy (non-hydrogen) atoms. The Hall–Kier alpha value is -3.85. The highest BCUT2D eigenvalue weighted by atomic mass is 32.1. The molecule has 2 N–H and O–H groups in total. The Morgan fingerprint density at radius 2 is 1.91 bits per heavy atom. The first-order valence-electron chi connectivity index (χ1n) is 10.7. The van der Waals surface area contributed by atoms with Gasteiger partial charge in [-0.05, 0) is 62.8 Å². The van der Waals surface area contributed by atoms with Gasteiger partial charge in [0.2, 0.25) is 0 Å². The summed E-state index contributed by atoms with van der Waals surface area (Å²) >= 11 is 5.76. The molecule has 0 saturated carbocycles. The molecule has 1 aliphatic rings. The Morgan fingerprint density at radius 3 is 2.56 bits per heavy atom. The molecule has 9 heteroatoms. The summed E-state index contributed by atoms with van der Waals surface area (Å²) in [5, 5.41) is 10.6. The molecular weight excluding hydrogens is 452 g/mol. The highest BCUT2D eigenvalue weighted by Crippen LogP contribution is 2.39. The maximum atomic E-state index is 13.6. The van der Waals surface area contributed by atoms with Crippen molar-refractivity contribution in [3.8, 4) is 11.5 Å². The number of rotatable bonds is 6. The lowest BCUT2D eigenvalue weighted by molar-refractivity contribution is -0.113. The van der Waals surface area contributed by atoms with Crippen LogP contribution in [0.5, 0.6) is 11.5 Å². The number of benzene rings is 2. The number of hydrogen-bond donors (Lipinski definition) is 2. The zero-order valence-corrected chi connectivity index (χ0v) is 20.4. The minimum absolute atomic E-state index is 0.332. The molecule has 0 radical (unpaired) electrons. The number of nitrogens with zero attached hydrogens (tertiary/aromatic N) is 2. The molecule has 0 aliphatic carbocycles. The van der Waals surface area contributed by atoms with Crippen LogP contribution in [0.3, 0.4) is 0 Å². The van der Waals surface area contributed by atoms with Crippen LogP contribution in [0, 0.1) is 13.8 Å². The van der Waals surface area contributed by atoms with Crippen LogP contribution >= 0.6 is 12.2 Å². The minimum atomic E-state index is -0.567. The van der Waals surface area contributed by atoms with Crippen LogP contribution in [-0.2, 0) is 4.79 Å². The number of aryl methyl sites for hydroxylation is 2. The van der Waals surface area contributed by atoms with E-state index < -0.39 is 6.04 Å². The number of hydrogen-bond acceptors (Lipinski definition) is 6. The summed E-state index contributed by atoms with van der Waals surface area (Å²) in [5.74, 6) is 1.81. The molecule has 0 fully saturated rings. The molecule has 0 spiro atoms. The van der Waals surface area contributed by atoms with Crippen molar-refractivity contribution in [2.75, 3.05) is 24.4 Å². The highest BCUT2D eigenvalue weighted by molar-refractivity contribution is 7.80. The van der Waals surface area contributed by atoms with Crippen LogP contribution in [0.25, 0.3) is 0 Å². The first kappa shape index (κ1) is 23.3. The van der Waals surface area contributed by atoms with Gasteiger partial charge in [0.15, 0.2) is 10.9 Å². The molecule has 8 nitrogen and oxygen atoms in total. The van der Waals surface area contributed by atoms with Crippen LogP contribution in [0.15, 0.2) is 64.3 Å². The number of nitrogens with one attached hydrogen (secondary N) is 2. The van der Waals surface area contributed by atoms with E-state index in [-0.39, 0.29) is 5.91 Å². The zero-order chi connectivity index (χ0) is 24.4. The summed E-state index contributed by atoms with van der Waals surface area (Å²) in [6, 6.07) is 14.5. The predicted molar refractivity (Wildman–Crippen MR) is 134 cm³/mol. The van der Waals surface area contributed by atoms with Gasteiger partial charge >= 0.3 is 0 Å². The van der Waals surface area contributed by atoms with Gasteiger partial charge in [0.05, 0.1) is 25.8 Å². The van der Waals surface area contributed by atoms with Gasteiger partial charge in [-0.15, -0.1) is 0 Å². The first-order valence-corrected chi connectivity index (χ1v) is 11.1. The second-order valence-corrected chi connectivity index (χ2v) is 8.33. The van der Waals surface area contributed by atoms with E-state index in [4.69, 9.17) is 26.2 Å². The van der Waals surface area contributed by atoms with E-state index >= 15 is 0 Å². The number of carbonyl (C=O) groups excluding carboxylic acids is 1. The molecule has 2 heterocycles. The van der Waals surface area contributed by atoms with Crippen molar-refractivity contribution in [3.63, 3.8) is 0 Å². The van der Waals surface area contributed by atoms with Crippen LogP contribution in [-0.4, -0.2) is 30.4 Å². The first-order chi connectivity index (χ1) is 16.3. The van der Waals surface area contributed by atoms with Crippen molar-refractivity contribution in [1.82, 2.24) is 10.5 Å². The van der Waals surface area contributed by atoms with Crippen molar-refractivity contribution < 1.29 is 18.8 Å². The van der Waals surface area contributed by atoms with E-state index in [2.05, 4.69) is 15.8 Å². The summed E-state index contributed by atoms with van der Waals surface area (Å²) < 4.78 is 16.1. The largest absolute Gasteiger partial charge is 0.497 e. The number of ether oxygens (including phenoxy) is 2. The second kappa shape index (κ2) is 9.56. The smallest absolute Gasteiger partial charge is 0.257 e. The lowest BCUT2D eigenvalue weighted by Crippen LogP contribution is -2.48. The third-order valence-corrected chi connectivity index (χ3v) is 5.91. The van der Waals surface area contributed by atoms with E-state index in [1.54, 1.807) is 33.3 Å². The van der Waals surface area contributed by atoms with E-state index in [9.17, 15) is 4.79 Å². The van der Waals surface area contributed by atoms with Gasteiger partial charge in [-0.2, -0.15) is 0 Å². The quantitative estimate of drug-likeness (QED) is 0.495. The Kier molecular flexibility index (Phi) is 6.56. The summed E-state index contributed by atoms with van der Waals surface area (Å²) in [6.07, 6.45) is 0. The molecule has 1 atom stereocenters. The number of methoxy groups -OCH3 is 2. The third kappa shape index (κ3) is 4.47. The van der Waals surface area contributed by atoms with Crippen LogP contribution in [0.2, 0.25) is 0 Å². The van der Waals surface area contributed by atoms with E-state index in [0.29, 0.717) is 39.5 Å². The second-order valence-electron chi connectivity index (χ2n) is 7.94. The van der Waals surface area contributed by atoms with E-state index in [0.717, 1.165) is 16.8 Å². The van der Waals surface area contributed by atoms with Gasteiger partial charge in [-0.1, -0.05) is 17.3 Å². The average molecular weight is 479 g/mol. The summed E-state index contributed by atoms with van der Waals surface area (Å²) in [4.78, 5) is 15.5. The molecule has 4 rings (SSSR count). The van der Waals surface area contributed by atoms with Gasteiger partial charge < -0.3 is 24.6 Å². The lowest BCUT2D eigenvalue weighted by Gasteiger charge is -2.38. The van der Waals surface area contributed by atoms with Crippen molar-refractivity contribution in [2.24, 2.45) is 0 Å². The summed E-state index contributed by atoms with van der Waals surface area (Å²) in [7, 11) is 3.16. The highest BCUT2D eigenvalue weighted by Gasteiger charge is 2.36. The maximum absolute atomic E-state index is 13.6. The molecule has 1 amide bonds. The van der Waals surface area contributed by atoms with Gasteiger partial charge in [-0.25, -0.2) is 0 Å². The maximum Gasteiger partial charge on any atom is 0.257 e. The zero-order valence-electron chi connectivity index (χ0n) is 19.6. The Morgan fingerprint density at radius 1 is 1.12 bits per heavy atom. The van der Waals surface area contributed by atoms with Gasteiger partial charge in [0, 0.05) is 29.1 Å². The molecule has 2 aromatic carbocycles. The van der Waals surface area contributed by atoms with Crippen molar-refractivity contribution >= 4 is 34.7 Å². The molecule has 3 aromatic rings. The topological polar surface area (TPSA) is 88.9 Å². The van der Waals surface area contributed by atoms with Gasteiger partial charge in [-0.3, -0.25) is 9.69 Å². The van der Waals surface area contributed by atoms with Crippen LogP contribution in [0.4, 0.5) is 11.5 Å². The number of carbonyl (C=O) groups is 1. The predicted octanol–water partition coefficient (Wildman–Crippen LogP) is 4.66. The average Bonchev–Trinajstić information content (AvgIpc) is 3.22. The SMILES string of the molecule is COc1ccc(C2NC(=S)N(c3cccc(C)c3)C(C)=C2C(=O)Nc2cc(C)on2)c(OC)c1. The Labute approximate surface area is 203 Å². The van der Waals surface area contributed by atoms with E-state index in [1.807, 2.05) is 55.1 Å². The molecule has 176 valence electrons. The van der Waals surface area contributed by atoms with Crippen LogP contribution in [0.1, 0.15) is 29.9 Å². The van der Waals surface area contributed by atoms with Gasteiger partial charge in [0.25, 0.3) is 5.91 Å². The Balaban J connectivity index is 1.85. The Bertz CT molecular complexity index is 1280. The standard InChI is InChI=1S/C25H26N4O4S/c1-14-7-6-8-17(11-14)29-16(3)22(24(30)26-21-12-15(2)33-28-21)23(27-25(29)34)19-10-9-18(31-4)13-20(19)32-5/h6-13,23H,1-5H3,(H,27,34)(H,26,28,30). The van der Waals surface area contributed by atoms with E-state index in [1.165, 1.54) is 0 Å². The number of allylic oxidation sites excluding steroid dienone is 1. The number of anilines is 2. The fraction of sp³-hybridized carbons (Fsp3) is 0.240. The molecule has 1 aliphatic heterocycles. The van der Waals surface area contributed by atoms with Crippen molar-refractivity contribution in [3.05, 3.63) is 76.7 Å².